The number of ether oxygens (including phenoxy) is 2. The summed E-state index contributed by atoms with van der Waals surface area (Å²) in [6, 6.07) is 3.89. The molecular formula is C22H33ClO3. The molecule has 146 valence electrons. The van der Waals surface area contributed by atoms with Gasteiger partial charge in [-0.05, 0) is 66.4 Å². The normalized spacial score (nSPS) is 37.1. The van der Waals surface area contributed by atoms with Crippen LogP contribution in [0.3, 0.4) is 0 Å². The number of halogens is 1. The standard InChI is InChI=1S/C22H33ClO3/c1-14-9-10-21(2)18(7-6-8-19(21)24)22(14,3)13-15-11-16(25-4)12-17(26-5)20(15)23/h11-12,14,18-19,24H,6-10,13H2,1-5H3/t14-,18+,19-,21-,22+/m0/s1. The summed E-state index contributed by atoms with van der Waals surface area (Å²) in [7, 11) is 3.32. The average molecular weight is 381 g/mol. The number of hydrogen-bond donors (Lipinski definition) is 1. The Bertz CT molecular complexity index is 661. The molecule has 2 aliphatic carbocycles. The number of rotatable bonds is 4. The second-order valence-electron chi connectivity index (χ2n) is 8.93. The fourth-order valence-corrected chi connectivity index (χ4v) is 6.01. The van der Waals surface area contributed by atoms with Crippen molar-refractivity contribution in [1.29, 1.82) is 0 Å². The summed E-state index contributed by atoms with van der Waals surface area (Å²) >= 11 is 6.68. The predicted molar refractivity (Wildman–Crippen MR) is 106 cm³/mol. The van der Waals surface area contributed by atoms with Gasteiger partial charge in [0, 0.05) is 6.07 Å². The van der Waals surface area contributed by atoms with Crippen molar-refractivity contribution in [2.45, 2.75) is 65.4 Å². The molecule has 1 N–H and O–H groups in total. The van der Waals surface area contributed by atoms with Gasteiger partial charge >= 0.3 is 0 Å². The lowest BCUT2D eigenvalue weighted by atomic mass is 9.46. The van der Waals surface area contributed by atoms with Gasteiger partial charge in [0.1, 0.15) is 11.5 Å². The number of benzene rings is 1. The fourth-order valence-electron chi connectivity index (χ4n) is 5.76. The van der Waals surface area contributed by atoms with E-state index in [-0.39, 0.29) is 16.9 Å². The Balaban J connectivity index is 2.01. The minimum absolute atomic E-state index is 0.00887. The van der Waals surface area contributed by atoms with Crippen LogP contribution in [0.25, 0.3) is 0 Å². The minimum atomic E-state index is -0.191. The molecule has 1 aromatic carbocycles. The number of aliphatic hydroxyl groups is 1. The third-order valence-corrected chi connectivity index (χ3v) is 8.11. The summed E-state index contributed by atoms with van der Waals surface area (Å²) in [6.07, 6.45) is 6.19. The topological polar surface area (TPSA) is 38.7 Å². The molecule has 0 spiro atoms. The molecule has 4 heteroatoms. The Hall–Kier alpha value is -0.930. The molecule has 3 rings (SSSR count). The fraction of sp³-hybridized carbons (Fsp3) is 0.727. The lowest BCUT2D eigenvalue weighted by Crippen LogP contribution is -2.55. The smallest absolute Gasteiger partial charge is 0.141 e. The van der Waals surface area contributed by atoms with Crippen LogP contribution in [-0.4, -0.2) is 25.4 Å². The van der Waals surface area contributed by atoms with E-state index in [1.165, 1.54) is 6.42 Å². The first kappa shape index (κ1) is 19.8. The molecule has 3 nitrogen and oxygen atoms in total. The van der Waals surface area contributed by atoms with E-state index in [0.29, 0.717) is 22.6 Å². The molecule has 0 heterocycles. The van der Waals surface area contributed by atoms with Gasteiger partial charge < -0.3 is 14.6 Å². The summed E-state index contributed by atoms with van der Waals surface area (Å²) in [4.78, 5) is 0. The zero-order chi connectivity index (χ0) is 19.1. The molecule has 0 aliphatic heterocycles. The van der Waals surface area contributed by atoms with Crippen molar-refractivity contribution in [3.05, 3.63) is 22.7 Å². The highest BCUT2D eigenvalue weighted by atomic mass is 35.5. The van der Waals surface area contributed by atoms with Crippen molar-refractivity contribution >= 4 is 11.6 Å². The van der Waals surface area contributed by atoms with Crippen LogP contribution in [0.1, 0.15) is 58.4 Å². The lowest BCUT2D eigenvalue weighted by molar-refractivity contribution is -0.139. The number of fused-ring (bicyclic) bond motifs is 1. The molecule has 26 heavy (non-hydrogen) atoms. The van der Waals surface area contributed by atoms with Crippen LogP contribution in [0.4, 0.5) is 0 Å². The zero-order valence-electron chi connectivity index (χ0n) is 16.8. The van der Waals surface area contributed by atoms with Gasteiger partial charge in [0.2, 0.25) is 0 Å². The molecule has 0 aromatic heterocycles. The molecule has 2 fully saturated rings. The van der Waals surface area contributed by atoms with Gasteiger partial charge in [-0.25, -0.2) is 0 Å². The van der Waals surface area contributed by atoms with Gasteiger partial charge in [0.05, 0.1) is 25.3 Å². The second kappa shape index (κ2) is 7.24. The summed E-state index contributed by atoms with van der Waals surface area (Å²) in [6.45, 7) is 7.07. The SMILES string of the molecule is COc1cc(C[C@@]2(C)[C@@H]3CCC[C@H](O)[C@@]3(C)CC[C@@H]2C)c(Cl)c(OC)c1. The molecule has 0 saturated heterocycles. The number of hydrogen-bond acceptors (Lipinski definition) is 3. The number of methoxy groups -OCH3 is 2. The molecule has 0 bridgehead atoms. The first-order chi connectivity index (χ1) is 12.3. The number of aliphatic hydroxyl groups excluding tert-OH is 1. The zero-order valence-corrected chi connectivity index (χ0v) is 17.5. The summed E-state index contributed by atoms with van der Waals surface area (Å²) < 4.78 is 10.9. The summed E-state index contributed by atoms with van der Waals surface area (Å²) in [5.74, 6) is 2.52. The van der Waals surface area contributed by atoms with Crippen LogP contribution >= 0.6 is 11.6 Å². The molecule has 1 aromatic rings. The van der Waals surface area contributed by atoms with Crippen LogP contribution in [0.2, 0.25) is 5.02 Å². The predicted octanol–water partition coefficient (Wildman–Crippen LogP) is 5.50. The van der Waals surface area contributed by atoms with Crippen LogP contribution in [-0.2, 0) is 6.42 Å². The third-order valence-electron chi connectivity index (χ3n) is 7.68. The Morgan fingerprint density at radius 2 is 1.88 bits per heavy atom. The van der Waals surface area contributed by atoms with Crippen LogP contribution < -0.4 is 9.47 Å². The Morgan fingerprint density at radius 3 is 2.54 bits per heavy atom. The summed E-state index contributed by atoms with van der Waals surface area (Å²) in [5, 5.41) is 11.5. The van der Waals surface area contributed by atoms with Crippen LogP contribution in [0.15, 0.2) is 12.1 Å². The van der Waals surface area contributed by atoms with E-state index in [1.54, 1.807) is 14.2 Å². The van der Waals surface area contributed by atoms with E-state index in [0.717, 1.165) is 43.4 Å². The van der Waals surface area contributed by atoms with Gasteiger partial charge in [0.25, 0.3) is 0 Å². The highest BCUT2D eigenvalue weighted by Gasteiger charge is 2.55. The van der Waals surface area contributed by atoms with Crippen molar-refractivity contribution in [1.82, 2.24) is 0 Å². The molecular weight excluding hydrogens is 348 g/mol. The Morgan fingerprint density at radius 1 is 1.15 bits per heavy atom. The molecule has 5 atom stereocenters. The maximum atomic E-state index is 10.8. The van der Waals surface area contributed by atoms with Crippen molar-refractivity contribution in [2.24, 2.45) is 22.7 Å². The quantitative estimate of drug-likeness (QED) is 0.749. The van der Waals surface area contributed by atoms with Crippen LogP contribution in [0, 0.1) is 22.7 Å². The van der Waals surface area contributed by atoms with E-state index < -0.39 is 0 Å². The van der Waals surface area contributed by atoms with Gasteiger partial charge in [-0.3, -0.25) is 0 Å². The largest absolute Gasteiger partial charge is 0.497 e. The van der Waals surface area contributed by atoms with E-state index in [4.69, 9.17) is 21.1 Å². The summed E-state index contributed by atoms with van der Waals surface area (Å²) in [5.41, 5.74) is 1.19. The average Bonchev–Trinajstić information content (AvgIpc) is 2.62. The highest BCUT2D eigenvalue weighted by Crippen LogP contribution is 2.61. The Labute approximate surface area is 163 Å². The maximum absolute atomic E-state index is 10.8. The first-order valence-corrected chi connectivity index (χ1v) is 10.2. The van der Waals surface area contributed by atoms with Gasteiger partial charge in [0.15, 0.2) is 0 Å². The highest BCUT2D eigenvalue weighted by molar-refractivity contribution is 6.32. The van der Waals surface area contributed by atoms with Gasteiger partial charge in [-0.15, -0.1) is 0 Å². The van der Waals surface area contributed by atoms with E-state index in [2.05, 4.69) is 20.8 Å². The van der Waals surface area contributed by atoms with Crippen molar-refractivity contribution in [2.75, 3.05) is 14.2 Å². The lowest BCUT2D eigenvalue weighted by Gasteiger charge is -2.59. The van der Waals surface area contributed by atoms with Crippen molar-refractivity contribution in [3.8, 4) is 11.5 Å². The third kappa shape index (κ3) is 3.11. The van der Waals surface area contributed by atoms with Gasteiger partial charge in [-0.2, -0.15) is 0 Å². The molecule has 0 radical (unpaired) electrons. The van der Waals surface area contributed by atoms with Crippen molar-refractivity contribution in [3.63, 3.8) is 0 Å². The van der Waals surface area contributed by atoms with E-state index in [1.807, 2.05) is 12.1 Å². The monoisotopic (exact) mass is 380 g/mol. The van der Waals surface area contributed by atoms with Crippen LogP contribution in [0.5, 0.6) is 11.5 Å². The van der Waals surface area contributed by atoms with Crippen molar-refractivity contribution < 1.29 is 14.6 Å². The van der Waals surface area contributed by atoms with Gasteiger partial charge in [-0.1, -0.05) is 38.8 Å². The minimum Gasteiger partial charge on any atom is -0.497 e. The van der Waals surface area contributed by atoms with E-state index in [9.17, 15) is 5.11 Å². The molecule has 0 amide bonds. The Kier molecular flexibility index (Phi) is 5.52. The van der Waals surface area contributed by atoms with E-state index >= 15 is 0 Å². The molecule has 2 aliphatic rings. The second-order valence-corrected chi connectivity index (χ2v) is 9.31. The molecule has 2 saturated carbocycles. The first-order valence-electron chi connectivity index (χ1n) is 9.84. The molecule has 0 unspecified atom stereocenters. The maximum Gasteiger partial charge on any atom is 0.141 e.